The molecular formula is C9H10N4OS. The Kier molecular flexibility index (Phi) is 1.95. The van der Waals surface area contributed by atoms with Gasteiger partial charge >= 0.3 is 0 Å². The molecule has 1 saturated carbocycles. The van der Waals surface area contributed by atoms with Crippen molar-refractivity contribution in [1.82, 2.24) is 19.9 Å². The summed E-state index contributed by atoms with van der Waals surface area (Å²) in [5, 5.41) is 10.7. The van der Waals surface area contributed by atoms with E-state index in [1.807, 2.05) is 10.6 Å². The minimum atomic E-state index is 0.570. The van der Waals surface area contributed by atoms with Crippen LogP contribution in [-0.2, 0) is 6.54 Å². The van der Waals surface area contributed by atoms with E-state index in [9.17, 15) is 0 Å². The monoisotopic (exact) mass is 222 g/mol. The SMILES string of the molecule is S=c1[nH]nc(C2CC2)n1Cc1ccno1. The molecule has 0 atom stereocenters. The van der Waals surface area contributed by atoms with Crippen LogP contribution in [0.5, 0.6) is 0 Å². The molecule has 0 saturated heterocycles. The van der Waals surface area contributed by atoms with Crippen LogP contribution in [0.15, 0.2) is 16.8 Å². The highest BCUT2D eigenvalue weighted by Gasteiger charge is 2.29. The Labute approximate surface area is 91.1 Å². The molecule has 2 aromatic rings. The average molecular weight is 222 g/mol. The fraction of sp³-hybridized carbons (Fsp3) is 0.444. The number of hydrogen-bond donors (Lipinski definition) is 1. The molecule has 0 spiro atoms. The van der Waals surface area contributed by atoms with E-state index in [0.717, 1.165) is 11.6 Å². The van der Waals surface area contributed by atoms with E-state index in [-0.39, 0.29) is 0 Å². The van der Waals surface area contributed by atoms with E-state index >= 15 is 0 Å². The number of nitrogens with one attached hydrogen (secondary N) is 1. The fourth-order valence-electron chi connectivity index (χ4n) is 1.62. The van der Waals surface area contributed by atoms with Crippen molar-refractivity contribution in [2.24, 2.45) is 0 Å². The molecule has 0 radical (unpaired) electrons. The Morgan fingerprint density at radius 2 is 2.47 bits per heavy atom. The Morgan fingerprint density at radius 3 is 3.13 bits per heavy atom. The summed E-state index contributed by atoms with van der Waals surface area (Å²) >= 11 is 5.18. The van der Waals surface area contributed by atoms with Crippen molar-refractivity contribution in [2.75, 3.05) is 0 Å². The second-order valence-corrected chi connectivity index (χ2v) is 4.11. The van der Waals surface area contributed by atoms with Crippen LogP contribution in [0.1, 0.15) is 30.3 Å². The van der Waals surface area contributed by atoms with E-state index in [0.29, 0.717) is 17.2 Å². The third kappa shape index (κ3) is 1.61. The highest BCUT2D eigenvalue weighted by molar-refractivity contribution is 7.71. The van der Waals surface area contributed by atoms with Gasteiger partial charge in [-0.25, -0.2) is 0 Å². The number of H-pyrrole nitrogens is 1. The summed E-state index contributed by atoms with van der Waals surface area (Å²) < 4.78 is 7.68. The molecule has 5 nitrogen and oxygen atoms in total. The fourth-order valence-corrected chi connectivity index (χ4v) is 1.82. The summed E-state index contributed by atoms with van der Waals surface area (Å²) in [6.07, 6.45) is 4.04. The number of aromatic amines is 1. The number of hydrogen-bond acceptors (Lipinski definition) is 4. The normalized spacial score (nSPS) is 15.7. The van der Waals surface area contributed by atoms with Gasteiger partial charge in [0.25, 0.3) is 0 Å². The van der Waals surface area contributed by atoms with Gasteiger partial charge in [-0.1, -0.05) is 5.16 Å². The van der Waals surface area contributed by atoms with Gasteiger partial charge in [-0.3, -0.25) is 9.67 Å². The highest BCUT2D eigenvalue weighted by Crippen LogP contribution is 2.38. The van der Waals surface area contributed by atoms with Gasteiger partial charge in [0.1, 0.15) is 5.82 Å². The smallest absolute Gasteiger partial charge is 0.195 e. The van der Waals surface area contributed by atoms with Crippen molar-refractivity contribution in [1.29, 1.82) is 0 Å². The van der Waals surface area contributed by atoms with Crippen LogP contribution in [0, 0.1) is 4.77 Å². The lowest BCUT2D eigenvalue weighted by molar-refractivity contribution is 0.374. The molecular weight excluding hydrogens is 212 g/mol. The molecule has 1 aliphatic rings. The molecule has 0 amide bonds. The van der Waals surface area contributed by atoms with Crippen LogP contribution >= 0.6 is 12.2 Å². The first-order valence-corrected chi connectivity index (χ1v) is 5.30. The minimum absolute atomic E-state index is 0.570. The van der Waals surface area contributed by atoms with Gasteiger partial charge in [-0.05, 0) is 25.1 Å². The van der Waals surface area contributed by atoms with Gasteiger partial charge in [0.15, 0.2) is 10.5 Å². The van der Waals surface area contributed by atoms with Crippen molar-refractivity contribution in [3.63, 3.8) is 0 Å². The quantitative estimate of drug-likeness (QED) is 0.805. The Morgan fingerprint density at radius 1 is 1.60 bits per heavy atom. The van der Waals surface area contributed by atoms with E-state index < -0.39 is 0 Å². The number of aromatic nitrogens is 4. The molecule has 0 unspecified atom stereocenters. The Bertz CT molecular complexity index is 508. The Balaban J connectivity index is 1.96. The number of nitrogens with zero attached hydrogens (tertiary/aromatic N) is 3. The molecule has 0 bridgehead atoms. The highest BCUT2D eigenvalue weighted by atomic mass is 32.1. The first-order valence-electron chi connectivity index (χ1n) is 4.89. The van der Waals surface area contributed by atoms with Crippen molar-refractivity contribution < 1.29 is 4.52 Å². The van der Waals surface area contributed by atoms with Crippen LogP contribution < -0.4 is 0 Å². The van der Waals surface area contributed by atoms with Crippen LogP contribution in [0.3, 0.4) is 0 Å². The summed E-state index contributed by atoms with van der Waals surface area (Å²) in [7, 11) is 0. The lowest BCUT2D eigenvalue weighted by atomic mass is 10.4. The molecule has 0 aromatic carbocycles. The predicted octanol–water partition coefficient (Wildman–Crippen LogP) is 1.85. The topological polar surface area (TPSA) is 59.6 Å². The molecule has 2 aromatic heterocycles. The maximum atomic E-state index is 5.18. The number of rotatable bonds is 3. The molecule has 1 aliphatic carbocycles. The first-order chi connectivity index (χ1) is 7.34. The molecule has 2 heterocycles. The van der Waals surface area contributed by atoms with Crippen molar-refractivity contribution in [3.05, 3.63) is 28.6 Å². The Hall–Kier alpha value is -1.43. The standard InChI is InChI=1S/C9H10N4OS/c15-9-12-11-8(6-1-2-6)13(9)5-7-3-4-10-14-7/h3-4,6H,1-2,5H2,(H,12,15). The van der Waals surface area contributed by atoms with E-state index in [2.05, 4.69) is 15.4 Å². The van der Waals surface area contributed by atoms with Crippen LogP contribution in [0.25, 0.3) is 0 Å². The van der Waals surface area contributed by atoms with Crippen LogP contribution in [0.2, 0.25) is 0 Å². The molecule has 15 heavy (non-hydrogen) atoms. The van der Waals surface area contributed by atoms with Crippen LogP contribution in [-0.4, -0.2) is 19.9 Å². The van der Waals surface area contributed by atoms with Crippen molar-refractivity contribution >= 4 is 12.2 Å². The maximum Gasteiger partial charge on any atom is 0.195 e. The van der Waals surface area contributed by atoms with Gasteiger partial charge in [-0.15, -0.1) is 0 Å². The lowest BCUT2D eigenvalue weighted by Gasteiger charge is -2.01. The van der Waals surface area contributed by atoms with E-state index in [1.165, 1.54) is 12.8 Å². The van der Waals surface area contributed by atoms with Gasteiger partial charge < -0.3 is 4.52 Å². The second-order valence-electron chi connectivity index (χ2n) is 3.73. The van der Waals surface area contributed by atoms with Gasteiger partial charge in [0, 0.05) is 12.0 Å². The molecule has 1 fully saturated rings. The minimum Gasteiger partial charge on any atom is -0.359 e. The molecule has 78 valence electrons. The van der Waals surface area contributed by atoms with Crippen molar-refractivity contribution in [2.45, 2.75) is 25.3 Å². The third-order valence-corrected chi connectivity index (χ3v) is 2.85. The zero-order chi connectivity index (χ0) is 10.3. The van der Waals surface area contributed by atoms with Gasteiger partial charge in [-0.2, -0.15) is 5.10 Å². The van der Waals surface area contributed by atoms with Crippen LogP contribution in [0.4, 0.5) is 0 Å². The first kappa shape index (κ1) is 8.84. The summed E-state index contributed by atoms with van der Waals surface area (Å²) in [6, 6.07) is 1.84. The van der Waals surface area contributed by atoms with E-state index in [4.69, 9.17) is 16.7 Å². The molecule has 1 N–H and O–H groups in total. The van der Waals surface area contributed by atoms with Gasteiger partial charge in [0.2, 0.25) is 0 Å². The molecule has 3 rings (SSSR count). The second kappa shape index (κ2) is 3.30. The largest absolute Gasteiger partial charge is 0.359 e. The maximum absolute atomic E-state index is 5.18. The average Bonchev–Trinajstić information content (AvgIpc) is 2.82. The predicted molar refractivity (Wildman–Crippen MR) is 55.0 cm³/mol. The molecule has 0 aliphatic heterocycles. The third-order valence-electron chi connectivity index (χ3n) is 2.54. The summed E-state index contributed by atoms with van der Waals surface area (Å²) in [5.41, 5.74) is 0. The lowest BCUT2D eigenvalue weighted by Crippen LogP contribution is -2.03. The zero-order valence-electron chi connectivity index (χ0n) is 8.01. The molecule has 6 heteroatoms. The summed E-state index contributed by atoms with van der Waals surface area (Å²) in [5.74, 6) is 2.41. The van der Waals surface area contributed by atoms with E-state index in [1.54, 1.807) is 6.20 Å². The zero-order valence-corrected chi connectivity index (χ0v) is 8.83. The summed E-state index contributed by atoms with van der Waals surface area (Å²) in [6.45, 7) is 0.612. The van der Waals surface area contributed by atoms with Gasteiger partial charge in [0.05, 0.1) is 12.7 Å². The summed E-state index contributed by atoms with van der Waals surface area (Å²) in [4.78, 5) is 0. The van der Waals surface area contributed by atoms with Crippen molar-refractivity contribution in [3.8, 4) is 0 Å².